The molecule has 0 radical (unpaired) electrons. The van der Waals surface area contributed by atoms with Crippen molar-refractivity contribution in [3.8, 4) is 11.1 Å². The topological polar surface area (TPSA) is 38.1 Å². The molecule has 1 saturated heterocycles. The fraction of sp³-hybridized carbons (Fsp3) is 0.286. The van der Waals surface area contributed by atoms with Crippen LogP contribution in [0.5, 0.6) is 0 Å². The van der Waals surface area contributed by atoms with Crippen molar-refractivity contribution in [2.45, 2.75) is 38.8 Å². The van der Waals surface area contributed by atoms with Crippen molar-refractivity contribution in [1.29, 1.82) is 0 Å². The number of piperidine rings is 1. The van der Waals surface area contributed by atoms with Crippen molar-refractivity contribution in [3.63, 3.8) is 0 Å². The molecule has 168 valence electrons. The summed E-state index contributed by atoms with van der Waals surface area (Å²) in [6, 6.07) is 22.3. The van der Waals surface area contributed by atoms with Crippen molar-refractivity contribution in [2.24, 2.45) is 0 Å². The lowest BCUT2D eigenvalue weighted by molar-refractivity contribution is 0.221. The standard InChI is InChI=1S/C28H28ClN3O/c29-25-11-8-23(9-12-25)24-10-13-26-27(18-24)30-20-32(28(26)33)17-14-21-4-6-22(7-5-21)19-31-15-2-1-3-16-31/h4-13,18,20H,1-3,14-17,19H2. The first-order valence-electron chi connectivity index (χ1n) is 11.7. The Labute approximate surface area is 199 Å². The molecule has 0 atom stereocenters. The van der Waals surface area contributed by atoms with E-state index in [1.165, 1.54) is 43.5 Å². The Morgan fingerprint density at radius 2 is 1.52 bits per heavy atom. The summed E-state index contributed by atoms with van der Waals surface area (Å²) in [4.78, 5) is 20.1. The molecule has 5 rings (SSSR count). The van der Waals surface area contributed by atoms with Crippen molar-refractivity contribution >= 4 is 22.5 Å². The second-order valence-electron chi connectivity index (χ2n) is 8.89. The Morgan fingerprint density at radius 1 is 0.818 bits per heavy atom. The average Bonchev–Trinajstić information content (AvgIpc) is 2.85. The van der Waals surface area contributed by atoms with Crippen molar-refractivity contribution < 1.29 is 0 Å². The Bertz CT molecular complexity index is 1290. The molecule has 1 aromatic heterocycles. The molecule has 0 unspecified atom stereocenters. The number of hydrogen-bond acceptors (Lipinski definition) is 3. The summed E-state index contributed by atoms with van der Waals surface area (Å²) in [6.07, 6.45) is 6.47. The Hall–Kier alpha value is -2.95. The van der Waals surface area contributed by atoms with Crippen LogP contribution in [0, 0.1) is 0 Å². The van der Waals surface area contributed by atoms with E-state index in [4.69, 9.17) is 11.6 Å². The van der Waals surface area contributed by atoms with Crippen LogP contribution >= 0.6 is 11.6 Å². The number of fused-ring (bicyclic) bond motifs is 1. The minimum atomic E-state index is 0.00405. The Balaban J connectivity index is 1.27. The van der Waals surface area contributed by atoms with E-state index in [1.54, 1.807) is 10.9 Å². The maximum absolute atomic E-state index is 13.0. The third-order valence-electron chi connectivity index (χ3n) is 6.52. The summed E-state index contributed by atoms with van der Waals surface area (Å²) in [5.74, 6) is 0. The first kappa shape index (κ1) is 21.9. The summed E-state index contributed by atoms with van der Waals surface area (Å²) in [6.45, 7) is 4.07. The number of likely N-dealkylation sites (tertiary alicyclic amines) is 1. The van der Waals surface area contributed by atoms with E-state index in [2.05, 4.69) is 34.1 Å². The molecule has 4 nitrogen and oxygen atoms in total. The van der Waals surface area contributed by atoms with Gasteiger partial charge in [0.15, 0.2) is 0 Å². The van der Waals surface area contributed by atoms with Gasteiger partial charge >= 0.3 is 0 Å². The lowest BCUT2D eigenvalue weighted by Gasteiger charge is -2.26. The van der Waals surface area contributed by atoms with Crippen LogP contribution in [0.15, 0.2) is 77.9 Å². The number of benzene rings is 3. The second kappa shape index (κ2) is 9.90. The summed E-state index contributed by atoms with van der Waals surface area (Å²) in [5.41, 5.74) is 5.39. The minimum Gasteiger partial charge on any atom is -0.299 e. The van der Waals surface area contributed by atoms with Gasteiger partial charge in [0.1, 0.15) is 0 Å². The summed E-state index contributed by atoms with van der Waals surface area (Å²) >= 11 is 6.00. The molecule has 2 heterocycles. The lowest BCUT2D eigenvalue weighted by atomic mass is 10.0. The molecule has 3 aromatic carbocycles. The molecule has 0 bridgehead atoms. The van der Waals surface area contributed by atoms with Gasteiger partial charge in [-0.2, -0.15) is 0 Å². The van der Waals surface area contributed by atoms with E-state index < -0.39 is 0 Å². The normalized spacial score (nSPS) is 14.6. The van der Waals surface area contributed by atoms with Crippen molar-refractivity contribution in [1.82, 2.24) is 14.5 Å². The molecule has 1 aliphatic rings. The van der Waals surface area contributed by atoms with Gasteiger partial charge in [0.2, 0.25) is 0 Å². The van der Waals surface area contributed by atoms with Gasteiger partial charge in [-0.1, -0.05) is 60.5 Å². The molecule has 0 amide bonds. The molecule has 5 heteroatoms. The van der Waals surface area contributed by atoms with Crippen LogP contribution in [0.25, 0.3) is 22.0 Å². The number of aryl methyl sites for hydroxylation is 2. The average molecular weight is 458 g/mol. The summed E-state index contributed by atoms with van der Waals surface area (Å²) in [7, 11) is 0. The van der Waals surface area contributed by atoms with Gasteiger partial charge in [-0.3, -0.25) is 14.3 Å². The number of halogens is 1. The van der Waals surface area contributed by atoms with Crippen LogP contribution < -0.4 is 5.56 Å². The van der Waals surface area contributed by atoms with Gasteiger partial charge < -0.3 is 0 Å². The highest BCUT2D eigenvalue weighted by Crippen LogP contribution is 2.24. The minimum absolute atomic E-state index is 0.00405. The zero-order valence-electron chi connectivity index (χ0n) is 18.7. The third kappa shape index (κ3) is 5.18. The number of hydrogen-bond donors (Lipinski definition) is 0. The monoisotopic (exact) mass is 457 g/mol. The number of aromatic nitrogens is 2. The molecule has 4 aromatic rings. The van der Waals surface area contributed by atoms with Gasteiger partial charge in [0.05, 0.1) is 17.2 Å². The van der Waals surface area contributed by atoms with Crippen LogP contribution in [0.3, 0.4) is 0 Å². The fourth-order valence-corrected chi connectivity index (χ4v) is 4.70. The largest absolute Gasteiger partial charge is 0.299 e. The Morgan fingerprint density at radius 3 is 2.27 bits per heavy atom. The van der Waals surface area contributed by atoms with E-state index in [-0.39, 0.29) is 5.56 Å². The zero-order valence-corrected chi connectivity index (χ0v) is 19.5. The van der Waals surface area contributed by atoms with Gasteiger partial charge in [-0.05, 0) is 78.9 Å². The van der Waals surface area contributed by atoms with Crippen LogP contribution in [-0.4, -0.2) is 27.5 Å². The molecular weight excluding hydrogens is 430 g/mol. The van der Waals surface area contributed by atoms with Crippen LogP contribution in [0.1, 0.15) is 30.4 Å². The second-order valence-corrected chi connectivity index (χ2v) is 9.32. The molecule has 0 spiro atoms. The molecule has 33 heavy (non-hydrogen) atoms. The summed E-state index contributed by atoms with van der Waals surface area (Å²) < 4.78 is 1.71. The van der Waals surface area contributed by atoms with Gasteiger partial charge in [0.25, 0.3) is 5.56 Å². The highest BCUT2D eigenvalue weighted by Gasteiger charge is 2.10. The first-order valence-corrected chi connectivity index (χ1v) is 12.1. The predicted molar refractivity (Wildman–Crippen MR) is 136 cm³/mol. The SMILES string of the molecule is O=c1c2ccc(-c3ccc(Cl)cc3)cc2ncn1CCc1ccc(CN2CCCCC2)cc1. The smallest absolute Gasteiger partial charge is 0.261 e. The van der Waals surface area contributed by atoms with Crippen molar-refractivity contribution in [2.75, 3.05) is 13.1 Å². The molecular formula is C28H28ClN3O. The molecule has 1 fully saturated rings. The van der Waals surface area contributed by atoms with E-state index >= 15 is 0 Å². The van der Waals surface area contributed by atoms with E-state index in [0.717, 1.165) is 24.1 Å². The Kier molecular flexibility index (Phi) is 6.56. The fourth-order valence-electron chi connectivity index (χ4n) is 4.58. The van der Waals surface area contributed by atoms with Crippen molar-refractivity contribution in [3.05, 3.63) is 99.6 Å². The first-order chi connectivity index (χ1) is 16.2. The maximum atomic E-state index is 13.0. The highest BCUT2D eigenvalue weighted by molar-refractivity contribution is 6.30. The quantitative estimate of drug-likeness (QED) is 0.359. The van der Waals surface area contributed by atoms with E-state index in [0.29, 0.717) is 22.5 Å². The number of rotatable bonds is 6. The van der Waals surface area contributed by atoms with Gasteiger partial charge in [-0.25, -0.2) is 4.98 Å². The van der Waals surface area contributed by atoms with E-state index in [9.17, 15) is 4.79 Å². The molecule has 0 saturated carbocycles. The molecule has 0 N–H and O–H groups in total. The predicted octanol–water partition coefficient (Wildman–Crippen LogP) is 5.95. The number of nitrogens with zero attached hydrogens (tertiary/aromatic N) is 3. The maximum Gasteiger partial charge on any atom is 0.261 e. The highest BCUT2D eigenvalue weighted by atomic mass is 35.5. The van der Waals surface area contributed by atoms with Crippen LogP contribution in [-0.2, 0) is 19.5 Å². The van der Waals surface area contributed by atoms with Crippen LogP contribution in [0.2, 0.25) is 5.02 Å². The van der Waals surface area contributed by atoms with Gasteiger partial charge in [0, 0.05) is 18.1 Å². The molecule has 0 aliphatic carbocycles. The van der Waals surface area contributed by atoms with Crippen LogP contribution in [0.4, 0.5) is 0 Å². The zero-order chi connectivity index (χ0) is 22.6. The van der Waals surface area contributed by atoms with E-state index in [1.807, 2.05) is 42.5 Å². The summed E-state index contributed by atoms with van der Waals surface area (Å²) in [5, 5.41) is 1.35. The third-order valence-corrected chi connectivity index (χ3v) is 6.77. The lowest BCUT2D eigenvalue weighted by Crippen LogP contribution is -2.29. The van der Waals surface area contributed by atoms with Gasteiger partial charge in [-0.15, -0.1) is 0 Å². The molecule has 1 aliphatic heterocycles.